The number of oxime groups is 1. The zero-order valence-electron chi connectivity index (χ0n) is 11.8. The summed E-state index contributed by atoms with van der Waals surface area (Å²) in [6.45, 7) is 2.57. The Bertz CT molecular complexity index is 614. The van der Waals surface area contributed by atoms with Crippen molar-refractivity contribution in [2.75, 3.05) is 6.54 Å². The van der Waals surface area contributed by atoms with Gasteiger partial charge in [0.15, 0.2) is 0 Å². The molecule has 0 spiro atoms. The van der Waals surface area contributed by atoms with Gasteiger partial charge in [0.05, 0.1) is 5.92 Å². The molecular weight excluding hydrogens is 262 g/mol. The maximum Gasteiger partial charge on any atom is 0.147 e. The van der Waals surface area contributed by atoms with E-state index >= 15 is 0 Å². The summed E-state index contributed by atoms with van der Waals surface area (Å²) in [4.78, 5) is 2.33. The van der Waals surface area contributed by atoms with Gasteiger partial charge >= 0.3 is 0 Å². The number of hydrogen-bond acceptors (Lipinski definition) is 3. The molecule has 1 heterocycles. The van der Waals surface area contributed by atoms with Crippen molar-refractivity contribution in [2.24, 2.45) is 10.9 Å². The molecule has 4 nitrogen and oxygen atoms in total. The van der Waals surface area contributed by atoms with E-state index in [2.05, 4.69) is 34.3 Å². The highest BCUT2D eigenvalue weighted by Gasteiger charge is 2.24. The minimum absolute atomic E-state index is 0.0921. The predicted molar refractivity (Wildman–Crippen MR) is 83.1 cm³/mol. The van der Waals surface area contributed by atoms with Gasteiger partial charge in [-0.15, -0.1) is 0 Å². The molecule has 0 radical (unpaired) electrons. The fraction of sp³-hybridized carbons (Fsp3) is 0.235. The Hall–Kier alpha value is -2.33. The number of benzene rings is 2. The maximum atomic E-state index is 9.06. The molecule has 0 aliphatic carbocycles. The first-order chi connectivity index (χ1) is 10.3. The van der Waals surface area contributed by atoms with E-state index in [-0.39, 0.29) is 11.8 Å². The normalized spacial score (nSPS) is 16.7. The van der Waals surface area contributed by atoms with Crippen molar-refractivity contribution in [3.8, 4) is 0 Å². The van der Waals surface area contributed by atoms with Gasteiger partial charge in [0.25, 0.3) is 0 Å². The molecule has 3 N–H and O–H groups in total. The largest absolute Gasteiger partial charge is 0.409 e. The van der Waals surface area contributed by atoms with Crippen LogP contribution in [0.1, 0.15) is 22.6 Å². The number of nitrogens with zero attached hydrogens (tertiary/aromatic N) is 2. The monoisotopic (exact) mass is 281 g/mol. The summed E-state index contributed by atoms with van der Waals surface area (Å²) in [5.41, 5.74) is 9.71. The van der Waals surface area contributed by atoms with Crippen molar-refractivity contribution in [2.45, 2.75) is 19.0 Å². The molecule has 21 heavy (non-hydrogen) atoms. The van der Waals surface area contributed by atoms with Crippen LogP contribution in [-0.4, -0.2) is 22.5 Å². The molecule has 0 aromatic heterocycles. The van der Waals surface area contributed by atoms with Gasteiger partial charge in [0.2, 0.25) is 0 Å². The molecule has 1 atom stereocenters. The molecule has 4 heteroatoms. The highest BCUT2D eigenvalue weighted by atomic mass is 16.4. The van der Waals surface area contributed by atoms with Crippen LogP contribution in [0, 0.1) is 0 Å². The second kappa shape index (κ2) is 5.97. The predicted octanol–water partition coefficient (Wildman–Crippen LogP) is 2.53. The smallest absolute Gasteiger partial charge is 0.147 e. The summed E-state index contributed by atoms with van der Waals surface area (Å²) in [5, 5.41) is 12.3. The molecule has 2 aromatic rings. The summed E-state index contributed by atoms with van der Waals surface area (Å²) in [7, 11) is 0. The van der Waals surface area contributed by atoms with Gasteiger partial charge < -0.3 is 10.9 Å². The van der Waals surface area contributed by atoms with Crippen molar-refractivity contribution in [3.05, 3.63) is 71.3 Å². The average molecular weight is 281 g/mol. The van der Waals surface area contributed by atoms with Gasteiger partial charge in [-0.1, -0.05) is 59.8 Å². The molecule has 0 amide bonds. The molecule has 1 unspecified atom stereocenters. The van der Waals surface area contributed by atoms with Gasteiger partial charge in [0.1, 0.15) is 5.84 Å². The Labute approximate surface area is 124 Å². The van der Waals surface area contributed by atoms with Crippen LogP contribution >= 0.6 is 0 Å². The summed E-state index contributed by atoms with van der Waals surface area (Å²) < 4.78 is 0. The van der Waals surface area contributed by atoms with Crippen LogP contribution in [0.5, 0.6) is 0 Å². The van der Waals surface area contributed by atoms with Gasteiger partial charge in [0, 0.05) is 19.6 Å². The third-order valence-corrected chi connectivity index (χ3v) is 4.02. The third-order valence-electron chi connectivity index (χ3n) is 4.02. The Morgan fingerprint density at radius 3 is 2.19 bits per heavy atom. The van der Waals surface area contributed by atoms with Crippen molar-refractivity contribution in [1.82, 2.24) is 4.90 Å². The first-order valence-electron chi connectivity index (χ1n) is 7.09. The molecule has 0 saturated heterocycles. The Kier molecular flexibility index (Phi) is 3.88. The Morgan fingerprint density at radius 2 is 1.62 bits per heavy atom. The number of fused-ring (bicyclic) bond motifs is 1. The second-order valence-corrected chi connectivity index (χ2v) is 5.43. The lowest BCUT2D eigenvalue weighted by Gasteiger charge is -2.22. The molecule has 0 bridgehead atoms. The third kappa shape index (κ3) is 2.90. The van der Waals surface area contributed by atoms with Gasteiger partial charge in [-0.25, -0.2) is 0 Å². The lowest BCUT2D eigenvalue weighted by atomic mass is 9.97. The quantitative estimate of drug-likeness (QED) is 0.392. The first-order valence-corrected chi connectivity index (χ1v) is 7.09. The maximum absolute atomic E-state index is 9.06. The van der Waals surface area contributed by atoms with Gasteiger partial charge in [-0.05, 0) is 16.7 Å². The van der Waals surface area contributed by atoms with E-state index < -0.39 is 0 Å². The number of amidine groups is 1. The van der Waals surface area contributed by atoms with Crippen molar-refractivity contribution < 1.29 is 5.21 Å². The van der Waals surface area contributed by atoms with E-state index in [0.717, 1.165) is 25.2 Å². The minimum atomic E-state index is -0.0921. The average Bonchev–Trinajstić information content (AvgIpc) is 2.95. The molecule has 1 aliphatic heterocycles. The molecule has 1 aliphatic rings. The fourth-order valence-electron chi connectivity index (χ4n) is 2.92. The summed E-state index contributed by atoms with van der Waals surface area (Å²) in [6.07, 6.45) is 0. The van der Waals surface area contributed by atoms with E-state index in [4.69, 9.17) is 10.9 Å². The summed E-state index contributed by atoms with van der Waals surface area (Å²) in [6, 6.07) is 18.4. The van der Waals surface area contributed by atoms with E-state index in [1.165, 1.54) is 11.1 Å². The molecule has 0 saturated carbocycles. The molecule has 3 rings (SSSR count). The second-order valence-electron chi connectivity index (χ2n) is 5.43. The van der Waals surface area contributed by atoms with Crippen LogP contribution in [-0.2, 0) is 13.1 Å². The van der Waals surface area contributed by atoms with E-state index in [0.29, 0.717) is 0 Å². The lowest BCUT2D eigenvalue weighted by Crippen LogP contribution is -2.32. The first kappa shape index (κ1) is 13.6. The Balaban J connectivity index is 1.78. The molecular formula is C17H19N3O. The van der Waals surface area contributed by atoms with E-state index in [1.807, 2.05) is 30.3 Å². The Morgan fingerprint density at radius 1 is 1.05 bits per heavy atom. The van der Waals surface area contributed by atoms with Crippen molar-refractivity contribution in [3.63, 3.8) is 0 Å². The summed E-state index contributed by atoms with van der Waals surface area (Å²) in [5.74, 6) is 0.169. The van der Waals surface area contributed by atoms with Crippen molar-refractivity contribution >= 4 is 5.84 Å². The highest BCUT2D eigenvalue weighted by Crippen LogP contribution is 2.26. The van der Waals surface area contributed by atoms with Gasteiger partial charge in [-0.3, -0.25) is 4.90 Å². The van der Waals surface area contributed by atoms with E-state index in [9.17, 15) is 0 Å². The van der Waals surface area contributed by atoms with Crippen LogP contribution in [0.3, 0.4) is 0 Å². The fourth-order valence-corrected chi connectivity index (χ4v) is 2.92. The van der Waals surface area contributed by atoms with Crippen LogP contribution in [0.4, 0.5) is 0 Å². The lowest BCUT2D eigenvalue weighted by molar-refractivity contribution is 0.274. The van der Waals surface area contributed by atoms with E-state index in [1.54, 1.807) is 0 Å². The van der Waals surface area contributed by atoms with Gasteiger partial charge in [-0.2, -0.15) is 0 Å². The molecule has 0 fully saturated rings. The minimum Gasteiger partial charge on any atom is -0.409 e. The standard InChI is InChI=1S/C17H19N3O/c18-17(19-21)16(13-6-2-1-3-7-13)12-20-10-14-8-4-5-9-15(14)11-20/h1-9,16,21H,10-12H2,(H2,18,19). The number of nitrogens with two attached hydrogens (primary N) is 1. The van der Waals surface area contributed by atoms with Crippen LogP contribution in [0.25, 0.3) is 0 Å². The van der Waals surface area contributed by atoms with Crippen LogP contribution < -0.4 is 5.73 Å². The van der Waals surface area contributed by atoms with Crippen LogP contribution in [0.15, 0.2) is 59.8 Å². The topological polar surface area (TPSA) is 61.9 Å². The van der Waals surface area contributed by atoms with Crippen molar-refractivity contribution in [1.29, 1.82) is 0 Å². The summed E-state index contributed by atoms with van der Waals surface area (Å²) >= 11 is 0. The number of rotatable bonds is 4. The zero-order valence-corrected chi connectivity index (χ0v) is 11.8. The van der Waals surface area contributed by atoms with Crippen LogP contribution in [0.2, 0.25) is 0 Å². The number of hydrogen-bond donors (Lipinski definition) is 2. The zero-order chi connectivity index (χ0) is 14.7. The SMILES string of the molecule is NC(=NO)C(CN1Cc2ccccc2C1)c1ccccc1. The molecule has 108 valence electrons. The highest BCUT2D eigenvalue weighted by molar-refractivity contribution is 5.87. The molecule has 2 aromatic carbocycles.